The van der Waals surface area contributed by atoms with Crippen LogP contribution in [-0.2, 0) is 14.3 Å². The maximum absolute atomic E-state index is 12.6. The van der Waals surface area contributed by atoms with Crippen molar-refractivity contribution in [2.45, 2.75) is 32.2 Å². The molecule has 0 spiro atoms. The van der Waals surface area contributed by atoms with Crippen molar-refractivity contribution in [2.75, 3.05) is 56.1 Å². The Bertz CT molecular complexity index is 869. The van der Waals surface area contributed by atoms with Gasteiger partial charge in [0.25, 0.3) is 0 Å². The summed E-state index contributed by atoms with van der Waals surface area (Å²) in [6.45, 7) is 5.96. The number of piperazine rings is 1. The SMILES string of the molecule is CCOC(=O)N[C@@H](CCC(=O)N1CCN(c2cccc(NC3=NCCCN3)c2)CC1)C(=O)O. The molecule has 180 valence electrons. The molecule has 2 aliphatic rings. The molecule has 0 aliphatic carbocycles. The Morgan fingerprint density at radius 2 is 2.03 bits per heavy atom. The fourth-order valence-electron chi connectivity index (χ4n) is 3.75. The summed E-state index contributed by atoms with van der Waals surface area (Å²) in [4.78, 5) is 43.8. The number of aliphatic carboxylic acids is 1. The molecule has 1 atom stereocenters. The van der Waals surface area contributed by atoms with Crippen LogP contribution < -0.4 is 20.9 Å². The van der Waals surface area contributed by atoms with Crippen LogP contribution in [0.25, 0.3) is 0 Å². The Morgan fingerprint density at radius 1 is 1.24 bits per heavy atom. The molecule has 4 N–H and O–H groups in total. The predicted molar refractivity (Wildman–Crippen MR) is 125 cm³/mol. The second kappa shape index (κ2) is 11.9. The molecule has 1 aromatic rings. The van der Waals surface area contributed by atoms with Crippen LogP contribution in [0.4, 0.5) is 16.2 Å². The molecule has 0 bridgehead atoms. The van der Waals surface area contributed by atoms with Crippen LogP contribution in [-0.4, -0.2) is 85.9 Å². The van der Waals surface area contributed by atoms with E-state index in [1.807, 2.05) is 18.2 Å². The summed E-state index contributed by atoms with van der Waals surface area (Å²) in [7, 11) is 0. The third-order valence-electron chi connectivity index (χ3n) is 5.52. The van der Waals surface area contributed by atoms with Gasteiger partial charge in [-0.1, -0.05) is 6.07 Å². The Balaban J connectivity index is 1.47. The zero-order chi connectivity index (χ0) is 23.6. The highest BCUT2D eigenvalue weighted by atomic mass is 16.5. The van der Waals surface area contributed by atoms with Gasteiger partial charge in [0.1, 0.15) is 6.04 Å². The molecule has 0 unspecified atom stereocenters. The number of ether oxygens (including phenoxy) is 1. The van der Waals surface area contributed by atoms with Crippen LogP contribution >= 0.6 is 0 Å². The van der Waals surface area contributed by atoms with E-state index in [0.717, 1.165) is 36.8 Å². The lowest BCUT2D eigenvalue weighted by atomic mass is 10.1. The number of benzene rings is 1. The standard InChI is InChI=1S/C22H32N6O5/c1-2-33-22(32)26-18(20(30)31)7-8-19(29)28-13-11-27(12-14-28)17-6-3-5-16(15-17)25-21-23-9-4-10-24-21/h3,5-6,15,18H,2,4,7-14H2,1H3,(H,26,32)(H,30,31)(H2,23,24,25)/t18-/m0/s1. The first-order valence-corrected chi connectivity index (χ1v) is 11.3. The number of carboxylic acids is 1. The highest BCUT2D eigenvalue weighted by Gasteiger charge is 2.25. The molecule has 0 saturated carbocycles. The van der Waals surface area contributed by atoms with E-state index in [2.05, 4.69) is 31.9 Å². The Morgan fingerprint density at radius 3 is 2.70 bits per heavy atom. The molecular weight excluding hydrogens is 428 g/mol. The van der Waals surface area contributed by atoms with Crippen molar-refractivity contribution in [3.8, 4) is 0 Å². The normalized spacial score (nSPS) is 16.8. The summed E-state index contributed by atoms with van der Waals surface area (Å²) < 4.78 is 4.72. The average molecular weight is 461 g/mol. The van der Waals surface area contributed by atoms with E-state index in [0.29, 0.717) is 26.2 Å². The summed E-state index contributed by atoms with van der Waals surface area (Å²) in [5, 5.41) is 18.1. The number of carbonyl (C=O) groups is 3. The van der Waals surface area contributed by atoms with Crippen LogP contribution in [0.3, 0.4) is 0 Å². The van der Waals surface area contributed by atoms with Crippen molar-refractivity contribution in [1.82, 2.24) is 15.5 Å². The van der Waals surface area contributed by atoms with Crippen LogP contribution in [0.5, 0.6) is 0 Å². The maximum Gasteiger partial charge on any atom is 0.407 e. The van der Waals surface area contributed by atoms with Crippen LogP contribution in [0.15, 0.2) is 29.3 Å². The molecule has 2 aliphatic heterocycles. The molecule has 1 fully saturated rings. The molecule has 11 nitrogen and oxygen atoms in total. The summed E-state index contributed by atoms with van der Waals surface area (Å²) in [6.07, 6.45) is 0.290. The molecule has 1 aromatic carbocycles. The van der Waals surface area contributed by atoms with Crippen molar-refractivity contribution in [3.05, 3.63) is 24.3 Å². The van der Waals surface area contributed by atoms with Crippen molar-refractivity contribution < 1.29 is 24.2 Å². The van der Waals surface area contributed by atoms with E-state index >= 15 is 0 Å². The quantitative estimate of drug-likeness (QED) is 0.453. The van der Waals surface area contributed by atoms with E-state index in [1.54, 1.807) is 11.8 Å². The van der Waals surface area contributed by atoms with Gasteiger partial charge >= 0.3 is 12.1 Å². The van der Waals surface area contributed by atoms with E-state index in [1.165, 1.54) is 0 Å². The zero-order valence-electron chi connectivity index (χ0n) is 18.9. The van der Waals surface area contributed by atoms with Crippen molar-refractivity contribution in [2.24, 2.45) is 4.99 Å². The minimum Gasteiger partial charge on any atom is -0.480 e. The van der Waals surface area contributed by atoms with Gasteiger partial charge in [0.15, 0.2) is 5.96 Å². The summed E-state index contributed by atoms with van der Waals surface area (Å²) in [5.41, 5.74) is 2.01. The predicted octanol–water partition coefficient (Wildman–Crippen LogP) is 1.08. The van der Waals surface area contributed by atoms with Gasteiger partial charge < -0.3 is 35.6 Å². The van der Waals surface area contributed by atoms with E-state index in [9.17, 15) is 19.5 Å². The number of nitrogens with one attached hydrogen (secondary N) is 3. The first-order valence-electron chi connectivity index (χ1n) is 11.3. The minimum atomic E-state index is -1.19. The fourth-order valence-corrected chi connectivity index (χ4v) is 3.75. The van der Waals surface area contributed by atoms with Crippen LogP contribution in [0, 0.1) is 0 Å². The zero-order valence-corrected chi connectivity index (χ0v) is 18.9. The molecule has 0 radical (unpaired) electrons. The molecule has 1 saturated heterocycles. The number of rotatable bonds is 8. The molecule has 11 heteroatoms. The number of amides is 2. The van der Waals surface area contributed by atoms with Crippen LogP contribution in [0.1, 0.15) is 26.2 Å². The van der Waals surface area contributed by atoms with Gasteiger partial charge in [-0.15, -0.1) is 0 Å². The monoisotopic (exact) mass is 460 g/mol. The topological polar surface area (TPSA) is 136 Å². The highest BCUT2D eigenvalue weighted by molar-refractivity contribution is 5.94. The number of hydrogen-bond donors (Lipinski definition) is 4. The Labute approximate surface area is 193 Å². The van der Waals surface area contributed by atoms with Gasteiger partial charge in [0, 0.05) is 57.1 Å². The van der Waals surface area contributed by atoms with E-state index in [4.69, 9.17) is 4.74 Å². The molecular formula is C22H32N6O5. The molecule has 2 amide bonds. The second-order valence-electron chi connectivity index (χ2n) is 7.85. The molecule has 33 heavy (non-hydrogen) atoms. The molecule has 3 rings (SSSR count). The number of guanidine groups is 1. The number of carbonyl (C=O) groups excluding carboxylic acids is 2. The van der Waals surface area contributed by atoms with Gasteiger partial charge in [0.2, 0.25) is 5.91 Å². The average Bonchev–Trinajstić information content (AvgIpc) is 2.82. The van der Waals surface area contributed by atoms with Gasteiger partial charge in [0.05, 0.1) is 6.61 Å². The number of nitrogens with zero attached hydrogens (tertiary/aromatic N) is 3. The van der Waals surface area contributed by atoms with Gasteiger partial charge in [-0.3, -0.25) is 9.79 Å². The third kappa shape index (κ3) is 7.26. The third-order valence-corrected chi connectivity index (χ3v) is 5.52. The van der Waals surface area contributed by atoms with Gasteiger partial charge in [-0.2, -0.15) is 0 Å². The second-order valence-corrected chi connectivity index (χ2v) is 7.85. The lowest BCUT2D eigenvalue weighted by Crippen LogP contribution is -2.49. The lowest BCUT2D eigenvalue weighted by Gasteiger charge is -2.36. The summed E-state index contributed by atoms with van der Waals surface area (Å²) in [6, 6.07) is 6.92. The Kier molecular flexibility index (Phi) is 8.73. The number of carboxylic acid groups (broad SMARTS) is 1. The van der Waals surface area contributed by atoms with Crippen LogP contribution in [0.2, 0.25) is 0 Å². The largest absolute Gasteiger partial charge is 0.480 e. The number of aliphatic imine (C=N–C) groups is 1. The Hall–Kier alpha value is -3.50. The van der Waals surface area contributed by atoms with E-state index < -0.39 is 18.1 Å². The van der Waals surface area contributed by atoms with Crippen molar-refractivity contribution >= 4 is 35.3 Å². The number of anilines is 2. The molecule has 2 heterocycles. The first kappa shape index (κ1) is 24.1. The smallest absolute Gasteiger partial charge is 0.407 e. The summed E-state index contributed by atoms with van der Waals surface area (Å²) >= 11 is 0. The van der Waals surface area contributed by atoms with Gasteiger partial charge in [-0.25, -0.2) is 9.59 Å². The van der Waals surface area contributed by atoms with Gasteiger partial charge in [-0.05, 0) is 38.0 Å². The van der Waals surface area contributed by atoms with E-state index in [-0.39, 0.29) is 25.4 Å². The lowest BCUT2D eigenvalue weighted by molar-refractivity contribution is -0.140. The molecule has 0 aromatic heterocycles. The summed E-state index contributed by atoms with van der Waals surface area (Å²) in [5.74, 6) is -0.530. The fraction of sp³-hybridized carbons (Fsp3) is 0.545. The number of hydrogen-bond acceptors (Lipinski definition) is 8. The van der Waals surface area contributed by atoms with Crippen molar-refractivity contribution in [3.63, 3.8) is 0 Å². The first-order chi connectivity index (χ1) is 16.0. The minimum absolute atomic E-state index is 0.0127. The van der Waals surface area contributed by atoms with Crippen molar-refractivity contribution in [1.29, 1.82) is 0 Å². The number of alkyl carbamates (subject to hydrolysis) is 1. The highest BCUT2D eigenvalue weighted by Crippen LogP contribution is 2.21. The maximum atomic E-state index is 12.6.